The fraction of sp³-hybridized carbons (Fsp3) is 0.471. The van der Waals surface area contributed by atoms with E-state index in [1.807, 2.05) is 36.4 Å². The fourth-order valence-corrected chi connectivity index (χ4v) is 3.39. The molecule has 2 saturated heterocycles. The summed E-state index contributed by atoms with van der Waals surface area (Å²) in [4.78, 5) is 14.3. The Morgan fingerprint density at radius 1 is 1.19 bits per heavy atom. The highest BCUT2D eigenvalue weighted by atomic mass is 35.5. The van der Waals surface area contributed by atoms with Crippen LogP contribution in [0.1, 0.15) is 31.2 Å². The minimum atomic E-state index is -0.220. The van der Waals surface area contributed by atoms with Gasteiger partial charge < -0.3 is 9.64 Å². The van der Waals surface area contributed by atoms with E-state index in [4.69, 9.17) is 4.74 Å². The number of carbonyl (C=O) groups is 1. The molecule has 0 aliphatic carbocycles. The summed E-state index contributed by atoms with van der Waals surface area (Å²) >= 11 is 0. The number of halogens is 1. The predicted molar refractivity (Wildman–Crippen MR) is 86.4 cm³/mol. The highest BCUT2D eigenvalue weighted by Crippen LogP contribution is 2.35. The number of hydrogen-bond acceptors (Lipinski definition) is 3. The monoisotopic (exact) mass is 307 g/mol. The molecule has 2 bridgehead atoms. The van der Waals surface area contributed by atoms with E-state index >= 15 is 0 Å². The van der Waals surface area contributed by atoms with Crippen molar-refractivity contribution in [1.82, 2.24) is 4.90 Å². The Balaban J connectivity index is 0.00000161. The summed E-state index contributed by atoms with van der Waals surface area (Å²) in [6, 6.07) is 11.0. The molecule has 2 aliphatic heterocycles. The van der Waals surface area contributed by atoms with Gasteiger partial charge in [-0.2, -0.15) is 0 Å². The standard InChI is InChI=1S/C17H21NO2.ClH/c1-18-14-8-9-15(18)12-16(11-14)20-17(19)10-7-13-5-3-2-4-6-13;/h2-7,10,14-16H,8-9,11-12H2,1H3;1H. The maximum absolute atomic E-state index is 11.9. The SMILES string of the molecule is CN1C2CCC1CC(OC(=O)C=Cc1ccccc1)C2.Cl. The van der Waals surface area contributed by atoms with Crippen molar-refractivity contribution in [2.24, 2.45) is 0 Å². The number of hydrogen-bond donors (Lipinski definition) is 0. The van der Waals surface area contributed by atoms with Crippen LogP contribution in [-0.2, 0) is 9.53 Å². The Labute approximate surface area is 132 Å². The van der Waals surface area contributed by atoms with Crippen LogP contribution >= 0.6 is 12.4 Å². The Bertz CT molecular complexity index is 489. The number of piperidine rings is 1. The fourth-order valence-electron chi connectivity index (χ4n) is 3.39. The first-order valence-electron chi connectivity index (χ1n) is 7.38. The molecule has 4 heteroatoms. The second-order valence-electron chi connectivity index (χ2n) is 5.82. The summed E-state index contributed by atoms with van der Waals surface area (Å²) in [5, 5.41) is 0. The molecule has 1 aromatic carbocycles. The quantitative estimate of drug-likeness (QED) is 0.634. The van der Waals surface area contributed by atoms with Crippen molar-refractivity contribution in [1.29, 1.82) is 0 Å². The van der Waals surface area contributed by atoms with E-state index < -0.39 is 0 Å². The lowest BCUT2D eigenvalue weighted by atomic mass is 10.0. The molecule has 2 unspecified atom stereocenters. The van der Waals surface area contributed by atoms with Crippen LogP contribution in [0.2, 0.25) is 0 Å². The lowest BCUT2D eigenvalue weighted by Crippen LogP contribution is -2.43. The van der Waals surface area contributed by atoms with Crippen LogP contribution in [0.15, 0.2) is 36.4 Å². The van der Waals surface area contributed by atoms with Gasteiger partial charge in [0.25, 0.3) is 0 Å². The maximum Gasteiger partial charge on any atom is 0.331 e. The molecular formula is C17H22ClNO2. The highest BCUT2D eigenvalue weighted by Gasteiger charge is 2.39. The number of nitrogens with zero attached hydrogens (tertiary/aromatic N) is 1. The third-order valence-corrected chi connectivity index (χ3v) is 4.55. The first-order chi connectivity index (χ1) is 9.72. The van der Waals surface area contributed by atoms with Crippen LogP contribution in [0.25, 0.3) is 6.08 Å². The molecule has 2 fully saturated rings. The van der Waals surface area contributed by atoms with Crippen LogP contribution in [-0.4, -0.2) is 36.1 Å². The van der Waals surface area contributed by atoms with Crippen molar-refractivity contribution in [3.05, 3.63) is 42.0 Å². The third kappa shape index (κ3) is 3.86. The Morgan fingerprint density at radius 3 is 2.43 bits per heavy atom. The van der Waals surface area contributed by atoms with E-state index in [9.17, 15) is 4.79 Å². The average molecular weight is 308 g/mol. The third-order valence-electron chi connectivity index (χ3n) is 4.55. The van der Waals surface area contributed by atoms with Gasteiger partial charge in [0.1, 0.15) is 6.10 Å². The molecule has 1 aromatic rings. The van der Waals surface area contributed by atoms with Crippen LogP contribution in [0.3, 0.4) is 0 Å². The summed E-state index contributed by atoms with van der Waals surface area (Å²) < 4.78 is 5.59. The zero-order valence-corrected chi connectivity index (χ0v) is 13.1. The van der Waals surface area contributed by atoms with Gasteiger partial charge in [-0.3, -0.25) is 0 Å². The number of esters is 1. The molecule has 3 nitrogen and oxygen atoms in total. The van der Waals surface area contributed by atoms with Crippen molar-refractivity contribution in [3.8, 4) is 0 Å². The lowest BCUT2D eigenvalue weighted by molar-refractivity contribution is -0.146. The number of benzene rings is 1. The molecule has 114 valence electrons. The van der Waals surface area contributed by atoms with Gasteiger partial charge in [-0.25, -0.2) is 4.79 Å². The summed E-state index contributed by atoms with van der Waals surface area (Å²) in [6.07, 6.45) is 7.90. The van der Waals surface area contributed by atoms with Gasteiger partial charge in [-0.05, 0) is 31.5 Å². The average Bonchev–Trinajstić information content (AvgIpc) is 2.68. The topological polar surface area (TPSA) is 29.5 Å². The second kappa shape index (κ2) is 7.10. The van der Waals surface area contributed by atoms with Crippen molar-refractivity contribution in [3.63, 3.8) is 0 Å². The van der Waals surface area contributed by atoms with Gasteiger partial charge in [0.05, 0.1) is 0 Å². The lowest BCUT2D eigenvalue weighted by Gasteiger charge is -2.35. The van der Waals surface area contributed by atoms with Crippen LogP contribution < -0.4 is 0 Å². The van der Waals surface area contributed by atoms with Crippen LogP contribution in [0.4, 0.5) is 0 Å². The van der Waals surface area contributed by atoms with Gasteiger partial charge in [0.15, 0.2) is 0 Å². The van der Waals surface area contributed by atoms with Gasteiger partial charge in [-0.15, -0.1) is 12.4 Å². The molecular weight excluding hydrogens is 286 g/mol. The summed E-state index contributed by atoms with van der Waals surface area (Å²) in [7, 11) is 2.19. The molecule has 0 amide bonds. The molecule has 2 heterocycles. The first kappa shape index (κ1) is 16.1. The van der Waals surface area contributed by atoms with Crippen molar-refractivity contribution in [2.45, 2.75) is 43.9 Å². The van der Waals surface area contributed by atoms with E-state index in [1.165, 1.54) is 18.9 Å². The maximum atomic E-state index is 11.9. The first-order valence-corrected chi connectivity index (χ1v) is 7.38. The molecule has 2 atom stereocenters. The largest absolute Gasteiger partial charge is 0.459 e. The molecule has 2 aliphatic rings. The minimum Gasteiger partial charge on any atom is -0.459 e. The van der Waals surface area contributed by atoms with E-state index in [0.29, 0.717) is 12.1 Å². The zero-order chi connectivity index (χ0) is 13.9. The predicted octanol–water partition coefficient (Wildman–Crippen LogP) is 3.29. The molecule has 0 spiro atoms. The van der Waals surface area contributed by atoms with Crippen LogP contribution in [0, 0.1) is 0 Å². The number of ether oxygens (including phenoxy) is 1. The minimum absolute atomic E-state index is 0. The van der Waals surface area contributed by atoms with Gasteiger partial charge in [0.2, 0.25) is 0 Å². The molecule has 0 N–H and O–H groups in total. The van der Waals surface area contributed by atoms with Crippen LogP contribution in [0.5, 0.6) is 0 Å². The molecule has 0 radical (unpaired) electrons. The van der Waals surface area contributed by atoms with E-state index in [-0.39, 0.29) is 24.5 Å². The summed E-state index contributed by atoms with van der Waals surface area (Å²) in [5.74, 6) is -0.220. The Hall–Kier alpha value is -1.32. The van der Waals surface area contributed by atoms with Crippen molar-refractivity contribution < 1.29 is 9.53 Å². The van der Waals surface area contributed by atoms with E-state index in [2.05, 4.69) is 11.9 Å². The van der Waals surface area contributed by atoms with Crippen molar-refractivity contribution >= 4 is 24.5 Å². The number of fused-ring (bicyclic) bond motifs is 2. The van der Waals surface area contributed by atoms with Crippen molar-refractivity contribution in [2.75, 3.05) is 7.05 Å². The number of rotatable bonds is 3. The van der Waals surface area contributed by atoms with E-state index in [1.54, 1.807) is 0 Å². The summed E-state index contributed by atoms with van der Waals surface area (Å²) in [5.41, 5.74) is 1.02. The Kier molecular flexibility index (Phi) is 5.43. The zero-order valence-electron chi connectivity index (χ0n) is 12.3. The smallest absolute Gasteiger partial charge is 0.331 e. The molecule has 0 aromatic heterocycles. The Morgan fingerprint density at radius 2 is 1.81 bits per heavy atom. The molecule has 0 saturated carbocycles. The highest BCUT2D eigenvalue weighted by molar-refractivity contribution is 5.87. The van der Waals surface area contributed by atoms with Gasteiger partial charge >= 0.3 is 5.97 Å². The van der Waals surface area contributed by atoms with E-state index in [0.717, 1.165) is 18.4 Å². The number of carbonyl (C=O) groups excluding carboxylic acids is 1. The molecule has 3 rings (SSSR count). The normalized spacial score (nSPS) is 28.3. The van der Waals surface area contributed by atoms with Gasteiger partial charge in [0, 0.05) is 31.0 Å². The molecule has 21 heavy (non-hydrogen) atoms. The summed E-state index contributed by atoms with van der Waals surface area (Å²) in [6.45, 7) is 0. The second-order valence-corrected chi connectivity index (χ2v) is 5.82. The van der Waals surface area contributed by atoms with Gasteiger partial charge in [-0.1, -0.05) is 30.3 Å².